The maximum absolute atomic E-state index is 12.8. The van der Waals surface area contributed by atoms with Crippen molar-refractivity contribution in [2.75, 3.05) is 18.4 Å². The fourth-order valence-electron chi connectivity index (χ4n) is 2.91. The molecule has 0 spiro atoms. The standard InChI is InChI=1S/C16H23N3O4/c1-3-7-18-10-6-13(17-11(2)20)14(18)15(21)19-8-4-12(5-9-19)16(22)23/h6,10,12H,3-5,7-9H2,1-2H3,(H,17,20)(H,22,23). The van der Waals surface area contributed by atoms with E-state index in [-0.39, 0.29) is 17.7 Å². The van der Waals surface area contributed by atoms with Gasteiger partial charge in [0, 0.05) is 32.8 Å². The Kier molecular flexibility index (Phi) is 5.41. The van der Waals surface area contributed by atoms with E-state index in [0.29, 0.717) is 43.9 Å². The van der Waals surface area contributed by atoms with Crippen LogP contribution in [0.5, 0.6) is 0 Å². The fourth-order valence-corrected chi connectivity index (χ4v) is 2.91. The summed E-state index contributed by atoms with van der Waals surface area (Å²) >= 11 is 0. The van der Waals surface area contributed by atoms with Crippen molar-refractivity contribution in [3.8, 4) is 0 Å². The van der Waals surface area contributed by atoms with Crippen LogP contribution in [0.2, 0.25) is 0 Å². The van der Waals surface area contributed by atoms with E-state index in [4.69, 9.17) is 5.11 Å². The number of aliphatic carboxylic acids is 1. The van der Waals surface area contributed by atoms with Crippen molar-refractivity contribution in [1.82, 2.24) is 9.47 Å². The van der Waals surface area contributed by atoms with Crippen LogP contribution in [0.1, 0.15) is 43.6 Å². The highest BCUT2D eigenvalue weighted by Crippen LogP contribution is 2.24. The van der Waals surface area contributed by atoms with Crippen LogP contribution in [0.15, 0.2) is 12.3 Å². The Hall–Kier alpha value is -2.31. The van der Waals surface area contributed by atoms with E-state index in [1.54, 1.807) is 17.2 Å². The minimum Gasteiger partial charge on any atom is -0.481 e. The SMILES string of the molecule is CCCn1ccc(NC(C)=O)c1C(=O)N1CCC(C(=O)O)CC1. The van der Waals surface area contributed by atoms with Crippen LogP contribution in [0.25, 0.3) is 0 Å². The lowest BCUT2D eigenvalue weighted by Gasteiger charge is -2.30. The van der Waals surface area contributed by atoms with Gasteiger partial charge < -0.3 is 19.9 Å². The lowest BCUT2D eigenvalue weighted by molar-refractivity contribution is -0.143. The number of carbonyl (C=O) groups is 3. The van der Waals surface area contributed by atoms with Gasteiger partial charge in [0.25, 0.3) is 5.91 Å². The van der Waals surface area contributed by atoms with Crippen molar-refractivity contribution in [2.24, 2.45) is 5.92 Å². The minimum atomic E-state index is -0.801. The fraction of sp³-hybridized carbons (Fsp3) is 0.562. The summed E-state index contributed by atoms with van der Waals surface area (Å²) in [6, 6.07) is 1.73. The molecule has 126 valence electrons. The number of carboxylic acid groups (broad SMARTS) is 1. The van der Waals surface area contributed by atoms with E-state index in [9.17, 15) is 14.4 Å². The van der Waals surface area contributed by atoms with Gasteiger partial charge in [0.15, 0.2) is 0 Å². The number of aryl methyl sites for hydroxylation is 1. The van der Waals surface area contributed by atoms with Gasteiger partial charge in [0.05, 0.1) is 11.6 Å². The number of carboxylic acids is 1. The van der Waals surface area contributed by atoms with Gasteiger partial charge in [-0.3, -0.25) is 14.4 Å². The number of aromatic nitrogens is 1. The summed E-state index contributed by atoms with van der Waals surface area (Å²) in [5.41, 5.74) is 0.979. The Morgan fingerprint density at radius 2 is 1.96 bits per heavy atom. The first-order valence-corrected chi connectivity index (χ1v) is 7.92. The lowest BCUT2D eigenvalue weighted by atomic mass is 9.97. The molecule has 2 N–H and O–H groups in total. The zero-order valence-corrected chi connectivity index (χ0v) is 13.5. The molecule has 1 aromatic rings. The molecule has 0 radical (unpaired) electrons. The van der Waals surface area contributed by atoms with Crippen LogP contribution < -0.4 is 5.32 Å². The average molecular weight is 321 g/mol. The first-order valence-electron chi connectivity index (χ1n) is 7.92. The van der Waals surface area contributed by atoms with Gasteiger partial charge in [0.1, 0.15) is 5.69 Å². The molecule has 2 rings (SSSR count). The predicted octanol–water partition coefficient (Wildman–Crippen LogP) is 1.79. The monoisotopic (exact) mass is 321 g/mol. The molecule has 2 amide bonds. The average Bonchev–Trinajstić information content (AvgIpc) is 2.89. The van der Waals surface area contributed by atoms with E-state index in [0.717, 1.165) is 6.42 Å². The molecule has 0 unspecified atom stereocenters. The Bertz CT molecular complexity index is 600. The predicted molar refractivity (Wildman–Crippen MR) is 85.3 cm³/mol. The quantitative estimate of drug-likeness (QED) is 0.865. The van der Waals surface area contributed by atoms with Gasteiger partial charge in [-0.25, -0.2) is 0 Å². The van der Waals surface area contributed by atoms with Crippen LogP contribution in [-0.2, 0) is 16.1 Å². The molecule has 1 aromatic heterocycles. The number of piperidine rings is 1. The van der Waals surface area contributed by atoms with Crippen molar-refractivity contribution in [2.45, 2.75) is 39.7 Å². The highest BCUT2D eigenvalue weighted by Gasteiger charge is 2.30. The Morgan fingerprint density at radius 1 is 1.30 bits per heavy atom. The van der Waals surface area contributed by atoms with E-state index >= 15 is 0 Å². The number of rotatable bonds is 5. The van der Waals surface area contributed by atoms with E-state index in [1.165, 1.54) is 6.92 Å². The number of carbonyl (C=O) groups excluding carboxylic acids is 2. The summed E-state index contributed by atoms with van der Waals surface area (Å²) in [5, 5.41) is 11.7. The second-order valence-corrected chi connectivity index (χ2v) is 5.86. The number of hydrogen-bond acceptors (Lipinski definition) is 3. The second-order valence-electron chi connectivity index (χ2n) is 5.86. The third-order valence-electron chi connectivity index (χ3n) is 4.07. The third-order valence-corrected chi connectivity index (χ3v) is 4.07. The molecule has 1 fully saturated rings. The zero-order chi connectivity index (χ0) is 17.0. The molecule has 1 aliphatic heterocycles. The molecule has 1 aliphatic rings. The molecule has 7 heteroatoms. The first kappa shape index (κ1) is 17.1. The second kappa shape index (κ2) is 7.30. The number of amides is 2. The first-order chi connectivity index (χ1) is 10.9. The molecule has 0 aliphatic carbocycles. The maximum Gasteiger partial charge on any atom is 0.306 e. The van der Waals surface area contributed by atoms with E-state index < -0.39 is 5.97 Å². The van der Waals surface area contributed by atoms with Gasteiger partial charge in [-0.05, 0) is 25.3 Å². The topological polar surface area (TPSA) is 91.6 Å². The molecular weight excluding hydrogens is 298 g/mol. The molecular formula is C16H23N3O4. The van der Waals surface area contributed by atoms with Gasteiger partial charge in [-0.15, -0.1) is 0 Å². The number of likely N-dealkylation sites (tertiary alicyclic amines) is 1. The summed E-state index contributed by atoms with van der Waals surface area (Å²) in [7, 11) is 0. The Balaban J connectivity index is 2.19. The summed E-state index contributed by atoms with van der Waals surface area (Å²) in [4.78, 5) is 36.9. The van der Waals surface area contributed by atoms with Crippen molar-refractivity contribution >= 4 is 23.5 Å². The van der Waals surface area contributed by atoms with E-state index in [1.807, 2.05) is 11.5 Å². The largest absolute Gasteiger partial charge is 0.481 e. The number of nitrogens with one attached hydrogen (secondary N) is 1. The lowest BCUT2D eigenvalue weighted by Crippen LogP contribution is -2.41. The van der Waals surface area contributed by atoms with Crippen molar-refractivity contribution in [3.63, 3.8) is 0 Å². The number of anilines is 1. The molecule has 0 aromatic carbocycles. The maximum atomic E-state index is 12.8. The van der Waals surface area contributed by atoms with Crippen LogP contribution in [0, 0.1) is 5.92 Å². The molecule has 7 nitrogen and oxygen atoms in total. The molecule has 0 atom stereocenters. The van der Waals surface area contributed by atoms with Gasteiger partial charge in [-0.1, -0.05) is 6.92 Å². The summed E-state index contributed by atoms with van der Waals surface area (Å²) < 4.78 is 1.84. The molecule has 1 saturated heterocycles. The summed E-state index contributed by atoms with van der Waals surface area (Å²) in [5.74, 6) is -1.56. The Labute approximate surface area is 135 Å². The van der Waals surface area contributed by atoms with Crippen LogP contribution >= 0.6 is 0 Å². The minimum absolute atomic E-state index is 0.156. The van der Waals surface area contributed by atoms with Crippen molar-refractivity contribution in [1.29, 1.82) is 0 Å². The van der Waals surface area contributed by atoms with Gasteiger partial charge >= 0.3 is 5.97 Å². The van der Waals surface area contributed by atoms with Crippen molar-refractivity contribution < 1.29 is 19.5 Å². The normalized spacial score (nSPS) is 15.5. The smallest absolute Gasteiger partial charge is 0.306 e. The van der Waals surface area contributed by atoms with Gasteiger partial charge in [-0.2, -0.15) is 0 Å². The highest BCUT2D eigenvalue weighted by atomic mass is 16.4. The molecule has 23 heavy (non-hydrogen) atoms. The number of nitrogens with zero attached hydrogens (tertiary/aromatic N) is 2. The molecule has 0 saturated carbocycles. The van der Waals surface area contributed by atoms with Crippen LogP contribution in [0.4, 0.5) is 5.69 Å². The third kappa shape index (κ3) is 3.91. The summed E-state index contributed by atoms with van der Waals surface area (Å²) in [6.45, 7) is 4.96. The van der Waals surface area contributed by atoms with E-state index in [2.05, 4.69) is 5.32 Å². The highest BCUT2D eigenvalue weighted by molar-refractivity contribution is 6.02. The Morgan fingerprint density at radius 3 is 2.48 bits per heavy atom. The van der Waals surface area contributed by atoms with Crippen molar-refractivity contribution in [3.05, 3.63) is 18.0 Å². The van der Waals surface area contributed by atoms with Gasteiger partial charge in [0.2, 0.25) is 5.91 Å². The van der Waals surface area contributed by atoms with Crippen LogP contribution in [-0.4, -0.2) is 45.4 Å². The number of hydrogen-bond donors (Lipinski definition) is 2. The molecule has 0 bridgehead atoms. The zero-order valence-electron chi connectivity index (χ0n) is 13.5. The molecule has 2 heterocycles. The van der Waals surface area contributed by atoms with Crippen LogP contribution in [0.3, 0.4) is 0 Å². The summed E-state index contributed by atoms with van der Waals surface area (Å²) in [6.07, 6.45) is 3.59.